The minimum atomic E-state index is -3.50. The lowest BCUT2D eigenvalue weighted by Crippen LogP contribution is -2.41. The largest absolute Gasteiger partial charge is 0.300 e. The number of hydrogen-bond donors (Lipinski definition) is 1. The van der Waals surface area contributed by atoms with Gasteiger partial charge in [-0.15, -0.1) is 10.2 Å². The van der Waals surface area contributed by atoms with Gasteiger partial charge in [-0.1, -0.05) is 42.2 Å². The maximum atomic E-state index is 13.0. The highest BCUT2D eigenvalue weighted by Crippen LogP contribution is 2.27. The average molecular weight is 445 g/mol. The lowest BCUT2D eigenvalue weighted by molar-refractivity contribution is -0.120. The smallest absolute Gasteiger partial charge is 0.229 e. The molecule has 3 rings (SSSR count). The molecular formula is C17H21FN4O3S3. The lowest BCUT2D eigenvalue weighted by atomic mass is 9.97. The Morgan fingerprint density at radius 3 is 2.61 bits per heavy atom. The summed E-state index contributed by atoms with van der Waals surface area (Å²) in [6.07, 6.45) is 0.897. The van der Waals surface area contributed by atoms with Gasteiger partial charge in [0.1, 0.15) is 5.82 Å². The van der Waals surface area contributed by atoms with Gasteiger partial charge in [0.2, 0.25) is 21.1 Å². The van der Waals surface area contributed by atoms with Crippen LogP contribution in [-0.2, 0) is 20.6 Å². The van der Waals surface area contributed by atoms with Gasteiger partial charge < -0.3 is 5.32 Å². The fourth-order valence-corrected chi connectivity index (χ4v) is 6.14. The summed E-state index contributed by atoms with van der Waals surface area (Å²) in [6, 6.07) is 5.44. The van der Waals surface area contributed by atoms with Crippen LogP contribution in [0.3, 0.4) is 0 Å². The number of aromatic nitrogens is 2. The average Bonchev–Trinajstić information content (AvgIpc) is 3.11. The number of rotatable bonds is 7. The van der Waals surface area contributed by atoms with Gasteiger partial charge in [-0.25, -0.2) is 17.1 Å². The Hall–Kier alpha value is -1.56. The van der Waals surface area contributed by atoms with Crippen LogP contribution in [0, 0.1) is 11.7 Å². The Kier molecular flexibility index (Phi) is 7.02. The normalized spacial score (nSPS) is 16.2. The van der Waals surface area contributed by atoms with Crippen molar-refractivity contribution in [3.05, 3.63) is 35.6 Å². The number of nitrogens with one attached hydrogen (secondary N) is 1. The summed E-state index contributed by atoms with van der Waals surface area (Å²) in [5.41, 5.74) is 0.540. The van der Waals surface area contributed by atoms with Crippen molar-refractivity contribution in [3.8, 4) is 0 Å². The summed E-state index contributed by atoms with van der Waals surface area (Å²) in [4.78, 5) is 12.4. The van der Waals surface area contributed by atoms with Crippen molar-refractivity contribution < 1.29 is 17.6 Å². The molecule has 1 aromatic carbocycles. The topological polar surface area (TPSA) is 92.3 Å². The SMILES string of the molecule is CCSc1nnc(NC(=O)C2CCN(S(=O)(=O)Cc3ccc(F)cc3)CC2)s1. The van der Waals surface area contributed by atoms with Crippen molar-refractivity contribution >= 4 is 44.2 Å². The molecular weight excluding hydrogens is 423 g/mol. The van der Waals surface area contributed by atoms with Gasteiger partial charge in [-0.3, -0.25) is 4.79 Å². The molecule has 2 aromatic rings. The molecule has 0 saturated carbocycles. The zero-order chi connectivity index (χ0) is 20.1. The molecule has 1 N–H and O–H groups in total. The highest BCUT2D eigenvalue weighted by molar-refractivity contribution is 8.01. The van der Waals surface area contributed by atoms with E-state index >= 15 is 0 Å². The Bertz CT molecular complexity index is 910. The van der Waals surface area contributed by atoms with E-state index in [9.17, 15) is 17.6 Å². The first-order chi connectivity index (χ1) is 13.4. The number of carbonyl (C=O) groups excluding carboxylic acids is 1. The Morgan fingerprint density at radius 2 is 1.96 bits per heavy atom. The summed E-state index contributed by atoms with van der Waals surface area (Å²) in [7, 11) is -3.50. The Morgan fingerprint density at radius 1 is 1.29 bits per heavy atom. The van der Waals surface area contributed by atoms with Gasteiger partial charge in [0, 0.05) is 19.0 Å². The van der Waals surface area contributed by atoms with E-state index in [1.165, 1.54) is 39.9 Å². The molecule has 0 bridgehead atoms. The number of hydrogen-bond acceptors (Lipinski definition) is 7. The van der Waals surface area contributed by atoms with Crippen molar-refractivity contribution in [1.82, 2.24) is 14.5 Å². The Balaban J connectivity index is 1.52. The lowest BCUT2D eigenvalue weighted by Gasteiger charge is -2.30. The predicted molar refractivity (Wildman–Crippen MR) is 108 cm³/mol. The zero-order valence-electron chi connectivity index (χ0n) is 15.3. The molecule has 1 saturated heterocycles. The number of sulfonamides is 1. The maximum absolute atomic E-state index is 13.0. The third kappa shape index (κ3) is 5.49. The minimum Gasteiger partial charge on any atom is -0.300 e. The van der Waals surface area contributed by atoms with E-state index in [-0.39, 0.29) is 30.7 Å². The second-order valence-electron chi connectivity index (χ2n) is 6.35. The second-order valence-corrected chi connectivity index (χ2v) is 10.8. The molecule has 1 fully saturated rings. The van der Waals surface area contributed by atoms with Crippen molar-refractivity contribution in [1.29, 1.82) is 0 Å². The van der Waals surface area contributed by atoms with Crippen LogP contribution in [0.15, 0.2) is 28.6 Å². The molecule has 1 aliphatic rings. The number of thioether (sulfide) groups is 1. The van der Waals surface area contributed by atoms with E-state index < -0.39 is 15.8 Å². The first-order valence-corrected chi connectivity index (χ1v) is 12.3. The molecule has 0 spiro atoms. The Labute approximate surface area is 171 Å². The van der Waals surface area contributed by atoms with Gasteiger partial charge >= 0.3 is 0 Å². The molecule has 1 amide bonds. The first-order valence-electron chi connectivity index (χ1n) is 8.87. The molecule has 1 aromatic heterocycles. The van der Waals surface area contributed by atoms with E-state index in [2.05, 4.69) is 15.5 Å². The van der Waals surface area contributed by atoms with Gasteiger partial charge in [-0.05, 0) is 36.3 Å². The van der Waals surface area contributed by atoms with Crippen molar-refractivity contribution in [3.63, 3.8) is 0 Å². The fourth-order valence-electron chi connectivity index (χ4n) is 2.93. The second kappa shape index (κ2) is 9.29. The summed E-state index contributed by atoms with van der Waals surface area (Å²) in [6.45, 7) is 2.59. The first kappa shape index (κ1) is 21.2. The number of piperidine rings is 1. The summed E-state index contributed by atoms with van der Waals surface area (Å²) >= 11 is 2.90. The van der Waals surface area contributed by atoms with Crippen molar-refractivity contribution in [2.45, 2.75) is 29.9 Å². The number of anilines is 1. The molecule has 1 aliphatic heterocycles. The standard InChI is InChI=1S/C17H21FN4O3S3/c1-2-26-17-21-20-16(27-17)19-15(23)13-7-9-22(10-8-13)28(24,25)11-12-3-5-14(18)6-4-12/h3-6,13H,2,7-11H2,1H3,(H,19,20,23). The molecule has 0 unspecified atom stereocenters. The van der Waals surface area contributed by atoms with Gasteiger partial charge in [0.25, 0.3) is 0 Å². The molecule has 0 radical (unpaired) electrons. The predicted octanol–water partition coefficient (Wildman–Crippen LogP) is 2.97. The fraction of sp³-hybridized carbons (Fsp3) is 0.471. The zero-order valence-corrected chi connectivity index (χ0v) is 17.7. The molecule has 28 heavy (non-hydrogen) atoms. The van der Waals surface area contributed by atoms with Crippen LogP contribution >= 0.6 is 23.1 Å². The maximum Gasteiger partial charge on any atom is 0.229 e. The quantitative estimate of drug-likeness (QED) is 0.521. The molecule has 0 aliphatic carbocycles. The van der Waals surface area contributed by atoms with Gasteiger partial charge in [-0.2, -0.15) is 0 Å². The summed E-state index contributed by atoms with van der Waals surface area (Å²) < 4.78 is 40.4. The van der Waals surface area contributed by atoms with Gasteiger partial charge in [0.05, 0.1) is 5.75 Å². The van der Waals surface area contributed by atoms with E-state index in [1.54, 1.807) is 11.8 Å². The highest BCUT2D eigenvalue weighted by atomic mass is 32.2. The molecule has 2 heterocycles. The van der Waals surface area contributed by atoms with Crippen LogP contribution in [0.4, 0.5) is 9.52 Å². The number of benzene rings is 1. The summed E-state index contributed by atoms with van der Waals surface area (Å²) in [5, 5.41) is 11.2. The number of amides is 1. The van der Waals surface area contributed by atoms with Crippen LogP contribution in [0.5, 0.6) is 0 Å². The number of nitrogens with zero attached hydrogens (tertiary/aromatic N) is 3. The monoisotopic (exact) mass is 444 g/mol. The number of carbonyl (C=O) groups is 1. The molecule has 0 atom stereocenters. The summed E-state index contributed by atoms with van der Waals surface area (Å²) in [5.74, 6) is -0.104. The van der Waals surface area contributed by atoms with E-state index in [0.29, 0.717) is 23.5 Å². The molecule has 11 heteroatoms. The van der Waals surface area contributed by atoms with E-state index in [1.807, 2.05) is 6.92 Å². The van der Waals surface area contributed by atoms with Crippen LogP contribution in [-0.4, -0.2) is 47.7 Å². The van der Waals surface area contributed by atoms with Crippen LogP contribution in [0.2, 0.25) is 0 Å². The van der Waals surface area contributed by atoms with Crippen molar-refractivity contribution in [2.24, 2.45) is 5.92 Å². The third-order valence-corrected chi connectivity index (χ3v) is 8.09. The molecule has 7 nitrogen and oxygen atoms in total. The third-order valence-electron chi connectivity index (χ3n) is 4.38. The highest BCUT2D eigenvalue weighted by Gasteiger charge is 2.31. The van der Waals surface area contributed by atoms with E-state index in [0.717, 1.165) is 10.1 Å². The minimum absolute atomic E-state index is 0.153. The molecule has 152 valence electrons. The number of halogens is 1. The van der Waals surface area contributed by atoms with Crippen molar-refractivity contribution in [2.75, 3.05) is 24.2 Å². The van der Waals surface area contributed by atoms with Crippen LogP contribution in [0.25, 0.3) is 0 Å². The van der Waals surface area contributed by atoms with Crippen LogP contribution in [0.1, 0.15) is 25.3 Å². The van der Waals surface area contributed by atoms with Crippen LogP contribution < -0.4 is 5.32 Å². The van der Waals surface area contributed by atoms with Gasteiger partial charge in [0.15, 0.2) is 4.34 Å². The van der Waals surface area contributed by atoms with E-state index in [4.69, 9.17) is 0 Å².